The predicted octanol–water partition coefficient (Wildman–Crippen LogP) is 1.49. The van der Waals surface area contributed by atoms with E-state index in [4.69, 9.17) is 14.2 Å². The smallest absolute Gasteiger partial charge is 0.260 e. The molecule has 0 aliphatic carbocycles. The van der Waals surface area contributed by atoms with Crippen molar-refractivity contribution >= 4 is 23.7 Å². The van der Waals surface area contributed by atoms with Gasteiger partial charge in [0.2, 0.25) is 0 Å². The number of hydrazone groups is 1. The molecule has 164 valence electrons. The summed E-state index contributed by atoms with van der Waals surface area (Å²) in [5.74, 6) is 0.560. The Hall–Kier alpha value is -3.59. The molecule has 31 heavy (non-hydrogen) atoms. The molecular formula is C22H26N4O5. The highest BCUT2D eigenvalue weighted by atomic mass is 16.5. The molecule has 9 heteroatoms. The number of hydrogen-bond acceptors (Lipinski definition) is 7. The molecule has 2 aromatic carbocycles. The molecule has 0 spiro atoms. The number of benzene rings is 2. The number of methoxy groups -OCH3 is 1. The molecule has 0 bridgehead atoms. The van der Waals surface area contributed by atoms with Gasteiger partial charge in [-0.1, -0.05) is 18.2 Å². The van der Waals surface area contributed by atoms with Crippen molar-refractivity contribution in [1.82, 2.24) is 10.3 Å². The molecule has 0 unspecified atom stereocenters. The fraction of sp³-hybridized carbons (Fsp3) is 0.318. The van der Waals surface area contributed by atoms with E-state index >= 15 is 0 Å². The van der Waals surface area contributed by atoms with Gasteiger partial charge in [-0.05, 0) is 35.9 Å². The number of anilines is 1. The Balaban J connectivity index is 1.48. The van der Waals surface area contributed by atoms with Gasteiger partial charge in [-0.2, -0.15) is 5.10 Å². The zero-order valence-electron chi connectivity index (χ0n) is 17.4. The molecule has 1 aliphatic heterocycles. The largest absolute Gasteiger partial charge is 0.493 e. The van der Waals surface area contributed by atoms with Gasteiger partial charge in [0.15, 0.2) is 18.1 Å². The number of ether oxygens (including phenoxy) is 3. The second-order valence-electron chi connectivity index (χ2n) is 6.70. The second kappa shape index (κ2) is 11.6. The van der Waals surface area contributed by atoms with Crippen molar-refractivity contribution in [2.75, 3.05) is 51.9 Å². The number of nitrogens with one attached hydrogen (secondary N) is 2. The zero-order valence-corrected chi connectivity index (χ0v) is 17.4. The molecule has 0 aromatic heterocycles. The van der Waals surface area contributed by atoms with Crippen molar-refractivity contribution in [2.24, 2.45) is 5.10 Å². The summed E-state index contributed by atoms with van der Waals surface area (Å²) in [6.45, 7) is 2.26. The maximum absolute atomic E-state index is 12.2. The van der Waals surface area contributed by atoms with Gasteiger partial charge in [-0.15, -0.1) is 0 Å². The number of amides is 2. The molecule has 9 nitrogen and oxygen atoms in total. The number of hydrogen-bond donors (Lipinski definition) is 2. The number of nitrogens with zero attached hydrogens (tertiary/aromatic N) is 2. The van der Waals surface area contributed by atoms with Crippen LogP contribution < -0.4 is 20.2 Å². The number of para-hydroxylation sites is 1. The van der Waals surface area contributed by atoms with Crippen molar-refractivity contribution in [2.45, 2.75) is 0 Å². The van der Waals surface area contributed by atoms with Crippen LogP contribution in [0.4, 0.5) is 5.69 Å². The average molecular weight is 426 g/mol. The van der Waals surface area contributed by atoms with Gasteiger partial charge in [0.1, 0.15) is 0 Å². The average Bonchev–Trinajstić information content (AvgIpc) is 2.82. The van der Waals surface area contributed by atoms with Crippen LogP contribution >= 0.6 is 0 Å². The molecule has 2 amide bonds. The quantitative estimate of drug-likeness (QED) is 0.465. The predicted molar refractivity (Wildman–Crippen MR) is 117 cm³/mol. The van der Waals surface area contributed by atoms with E-state index in [0.29, 0.717) is 43.4 Å². The lowest BCUT2D eigenvalue weighted by Gasteiger charge is -2.26. The summed E-state index contributed by atoms with van der Waals surface area (Å²) in [6.07, 6.45) is 1.51. The van der Waals surface area contributed by atoms with Crippen LogP contribution in [0.2, 0.25) is 0 Å². The maximum atomic E-state index is 12.2. The van der Waals surface area contributed by atoms with Gasteiger partial charge in [-0.25, -0.2) is 5.43 Å². The Bertz CT molecular complexity index is 898. The highest BCUT2D eigenvalue weighted by molar-refractivity contribution is 5.85. The van der Waals surface area contributed by atoms with Gasteiger partial charge in [0.25, 0.3) is 11.8 Å². The summed E-state index contributed by atoms with van der Waals surface area (Å²) in [5.41, 5.74) is 4.03. The normalized spacial score (nSPS) is 13.6. The van der Waals surface area contributed by atoms with Crippen LogP contribution in [-0.4, -0.2) is 69.5 Å². The summed E-state index contributed by atoms with van der Waals surface area (Å²) >= 11 is 0. The lowest BCUT2D eigenvalue weighted by Crippen LogP contribution is -2.43. The van der Waals surface area contributed by atoms with Crippen LogP contribution in [0.3, 0.4) is 0 Å². The third kappa shape index (κ3) is 7.00. The molecule has 2 aromatic rings. The van der Waals surface area contributed by atoms with Crippen molar-refractivity contribution in [3.8, 4) is 11.5 Å². The van der Waals surface area contributed by atoms with Gasteiger partial charge in [-0.3, -0.25) is 9.59 Å². The van der Waals surface area contributed by atoms with Crippen LogP contribution in [0.1, 0.15) is 5.56 Å². The first kappa shape index (κ1) is 22.1. The van der Waals surface area contributed by atoms with Crippen molar-refractivity contribution < 1.29 is 23.8 Å². The summed E-state index contributed by atoms with van der Waals surface area (Å²) in [5, 5.41) is 6.97. The molecule has 3 rings (SSSR count). The van der Waals surface area contributed by atoms with Gasteiger partial charge >= 0.3 is 0 Å². The third-order valence-electron chi connectivity index (χ3n) is 4.53. The summed E-state index contributed by atoms with van der Waals surface area (Å²) in [6, 6.07) is 14.6. The highest BCUT2D eigenvalue weighted by Gasteiger charge is 2.18. The van der Waals surface area contributed by atoms with Crippen LogP contribution in [-0.2, 0) is 14.3 Å². The minimum absolute atomic E-state index is 0.0751. The molecule has 1 heterocycles. The van der Waals surface area contributed by atoms with Crippen molar-refractivity contribution in [3.05, 3.63) is 54.1 Å². The van der Waals surface area contributed by atoms with Crippen LogP contribution in [0, 0.1) is 0 Å². The second-order valence-corrected chi connectivity index (χ2v) is 6.70. The fourth-order valence-corrected chi connectivity index (χ4v) is 2.88. The van der Waals surface area contributed by atoms with E-state index in [1.165, 1.54) is 13.3 Å². The minimum Gasteiger partial charge on any atom is -0.493 e. The van der Waals surface area contributed by atoms with E-state index < -0.39 is 0 Å². The summed E-state index contributed by atoms with van der Waals surface area (Å²) in [4.78, 5) is 25.8. The first-order chi connectivity index (χ1) is 15.2. The van der Waals surface area contributed by atoms with Crippen LogP contribution in [0.5, 0.6) is 11.5 Å². The Morgan fingerprint density at radius 3 is 2.65 bits per heavy atom. The van der Waals surface area contributed by atoms with E-state index in [1.54, 1.807) is 23.1 Å². The Morgan fingerprint density at radius 2 is 1.90 bits per heavy atom. The zero-order chi connectivity index (χ0) is 21.9. The number of rotatable bonds is 9. The standard InChI is InChI=1S/C22H26N4O5/c1-29-20-13-17(14-24-25-21(27)15-23-18-5-3-2-4-6-18)7-8-19(20)31-16-22(28)26-9-11-30-12-10-26/h2-8,13-14,23H,9-12,15-16H2,1H3,(H,25,27). The Morgan fingerprint density at radius 1 is 1.13 bits per heavy atom. The van der Waals surface area contributed by atoms with E-state index in [2.05, 4.69) is 15.8 Å². The van der Waals surface area contributed by atoms with Gasteiger partial charge in [0.05, 0.1) is 33.1 Å². The van der Waals surface area contributed by atoms with Crippen molar-refractivity contribution in [3.63, 3.8) is 0 Å². The molecule has 2 N–H and O–H groups in total. The van der Waals surface area contributed by atoms with E-state index in [-0.39, 0.29) is 25.0 Å². The highest BCUT2D eigenvalue weighted by Crippen LogP contribution is 2.27. The maximum Gasteiger partial charge on any atom is 0.260 e. The molecule has 1 saturated heterocycles. The van der Waals surface area contributed by atoms with E-state index in [0.717, 1.165) is 5.69 Å². The lowest BCUT2D eigenvalue weighted by molar-refractivity contribution is -0.137. The van der Waals surface area contributed by atoms with E-state index in [1.807, 2.05) is 30.3 Å². The SMILES string of the molecule is COc1cc(C=NNC(=O)CNc2ccccc2)ccc1OCC(=O)N1CCOCC1. The molecule has 0 saturated carbocycles. The monoisotopic (exact) mass is 426 g/mol. The molecule has 0 radical (unpaired) electrons. The Labute approximate surface area is 181 Å². The number of carbonyl (C=O) groups is 2. The summed E-state index contributed by atoms with van der Waals surface area (Å²) in [7, 11) is 1.52. The summed E-state index contributed by atoms with van der Waals surface area (Å²) < 4.78 is 16.2. The third-order valence-corrected chi connectivity index (χ3v) is 4.53. The number of morpholine rings is 1. The number of carbonyl (C=O) groups excluding carboxylic acids is 2. The lowest BCUT2D eigenvalue weighted by atomic mass is 10.2. The van der Waals surface area contributed by atoms with Crippen LogP contribution in [0.25, 0.3) is 0 Å². The topological polar surface area (TPSA) is 101 Å². The van der Waals surface area contributed by atoms with Crippen molar-refractivity contribution in [1.29, 1.82) is 0 Å². The first-order valence-corrected chi connectivity index (χ1v) is 9.93. The molecule has 0 atom stereocenters. The first-order valence-electron chi connectivity index (χ1n) is 9.93. The van der Waals surface area contributed by atoms with Gasteiger partial charge in [0, 0.05) is 18.8 Å². The van der Waals surface area contributed by atoms with Gasteiger partial charge < -0.3 is 24.4 Å². The van der Waals surface area contributed by atoms with Crippen LogP contribution in [0.15, 0.2) is 53.6 Å². The minimum atomic E-state index is -0.270. The van der Waals surface area contributed by atoms with E-state index in [9.17, 15) is 9.59 Å². The Kier molecular flexibility index (Phi) is 8.24. The fourth-order valence-electron chi connectivity index (χ4n) is 2.88. The molecular weight excluding hydrogens is 400 g/mol. The molecule has 1 fully saturated rings. The molecule has 1 aliphatic rings.